The van der Waals surface area contributed by atoms with Gasteiger partial charge in [-0.2, -0.15) is 17.5 Å². The number of hydrogen-bond acceptors (Lipinski definition) is 4. The second-order valence-corrected chi connectivity index (χ2v) is 12.8. The first-order valence-electron chi connectivity index (χ1n) is 13.7. The summed E-state index contributed by atoms with van der Waals surface area (Å²) in [7, 11) is -2.78. The highest BCUT2D eigenvalue weighted by molar-refractivity contribution is 7.89. The Hall–Kier alpha value is -2.79. The number of hydrogen-bond donors (Lipinski definition) is 0. The Bertz CT molecular complexity index is 1510. The fourth-order valence-electron chi connectivity index (χ4n) is 6.33. The SMILES string of the molecule is COC[C@@H]1[C@@H](c2ccc(-c3ccc(F)c(C)c3C)cc2)C2CN(S(=O)(=O)c3ccccc3C(F)(F)F)CCCCN21. The topological polar surface area (TPSA) is 49.9 Å². The lowest BCUT2D eigenvalue weighted by Crippen LogP contribution is -2.68. The first-order chi connectivity index (χ1) is 19.4. The molecule has 2 fully saturated rings. The molecule has 3 aromatic carbocycles. The van der Waals surface area contributed by atoms with Crippen molar-refractivity contribution in [2.75, 3.05) is 33.4 Å². The minimum absolute atomic E-state index is 0.00997. The van der Waals surface area contributed by atoms with Crippen LogP contribution in [-0.4, -0.2) is 63.1 Å². The van der Waals surface area contributed by atoms with Crippen molar-refractivity contribution >= 4 is 10.0 Å². The lowest BCUT2D eigenvalue weighted by Gasteiger charge is -2.57. The second kappa shape index (κ2) is 11.5. The average Bonchev–Trinajstić information content (AvgIpc) is 2.92. The van der Waals surface area contributed by atoms with Crippen molar-refractivity contribution in [1.29, 1.82) is 0 Å². The number of rotatable bonds is 6. The highest BCUT2D eigenvalue weighted by atomic mass is 32.2. The quantitative estimate of drug-likeness (QED) is 0.312. The van der Waals surface area contributed by atoms with Gasteiger partial charge in [0, 0.05) is 38.2 Å². The van der Waals surface area contributed by atoms with Gasteiger partial charge < -0.3 is 4.74 Å². The summed E-state index contributed by atoms with van der Waals surface area (Å²) >= 11 is 0. The van der Waals surface area contributed by atoms with E-state index in [0.717, 1.165) is 47.4 Å². The fraction of sp³-hybridized carbons (Fsp3) is 0.419. The standard InChI is InChI=1S/C31H34F4N2O3S/c1-20-21(2)26(32)15-14-24(20)22-10-12-23(13-11-22)30-27-18-36(16-6-7-17-37(27)28(30)19-40-3)41(38,39)29-9-5-4-8-25(29)31(33,34)35/h4-5,8-15,27-28,30H,6-7,16-19H2,1-3H3/t27?,28-,30+/m1/s1. The minimum atomic E-state index is -4.79. The van der Waals surface area contributed by atoms with Crippen LogP contribution in [0.2, 0.25) is 0 Å². The van der Waals surface area contributed by atoms with Gasteiger partial charge in [-0.15, -0.1) is 0 Å². The summed E-state index contributed by atoms with van der Waals surface area (Å²) in [6.07, 6.45) is -3.52. The molecule has 0 radical (unpaired) electrons. The summed E-state index contributed by atoms with van der Waals surface area (Å²) in [4.78, 5) is 1.52. The minimum Gasteiger partial charge on any atom is -0.383 e. The number of ether oxygens (including phenoxy) is 1. The number of fused-ring (bicyclic) bond motifs is 1. The highest BCUT2D eigenvalue weighted by Crippen LogP contribution is 2.44. The van der Waals surface area contributed by atoms with Crippen LogP contribution in [0.15, 0.2) is 65.6 Å². The van der Waals surface area contributed by atoms with Crippen LogP contribution in [0.3, 0.4) is 0 Å². The molecule has 0 N–H and O–H groups in total. The van der Waals surface area contributed by atoms with E-state index in [2.05, 4.69) is 4.90 Å². The van der Waals surface area contributed by atoms with Crippen molar-refractivity contribution in [3.8, 4) is 11.1 Å². The van der Waals surface area contributed by atoms with Crippen LogP contribution < -0.4 is 0 Å². The monoisotopic (exact) mass is 590 g/mol. The number of alkyl halides is 3. The summed E-state index contributed by atoms with van der Waals surface area (Å²) in [5.41, 5.74) is 3.20. The van der Waals surface area contributed by atoms with Crippen LogP contribution in [0.5, 0.6) is 0 Å². The van der Waals surface area contributed by atoms with E-state index < -0.39 is 26.7 Å². The maximum absolute atomic E-state index is 14.0. The first-order valence-corrected chi connectivity index (χ1v) is 15.2. The predicted molar refractivity (Wildman–Crippen MR) is 150 cm³/mol. The summed E-state index contributed by atoms with van der Waals surface area (Å²) in [5.74, 6) is -0.324. The summed E-state index contributed by atoms with van der Waals surface area (Å²) in [5, 5.41) is 0. The van der Waals surface area contributed by atoms with Gasteiger partial charge in [-0.05, 0) is 79.3 Å². The van der Waals surface area contributed by atoms with Crippen LogP contribution in [0.4, 0.5) is 17.6 Å². The Morgan fingerprint density at radius 2 is 1.61 bits per heavy atom. The molecule has 220 valence electrons. The Morgan fingerprint density at radius 1 is 0.927 bits per heavy atom. The molecule has 10 heteroatoms. The van der Waals surface area contributed by atoms with Crippen molar-refractivity contribution in [3.63, 3.8) is 0 Å². The third kappa shape index (κ3) is 5.55. The van der Waals surface area contributed by atoms with E-state index in [1.807, 2.05) is 31.2 Å². The lowest BCUT2D eigenvalue weighted by atomic mass is 9.74. The predicted octanol–water partition coefficient (Wildman–Crippen LogP) is 6.40. The van der Waals surface area contributed by atoms with Gasteiger partial charge >= 0.3 is 6.18 Å². The molecule has 0 aromatic heterocycles. The maximum Gasteiger partial charge on any atom is 0.417 e. The third-order valence-electron chi connectivity index (χ3n) is 8.62. The molecule has 0 amide bonds. The average molecular weight is 591 g/mol. The first kappa shape index (κ1) is 29.7. The van der Waals surface area contributed by atoms with Gasteiger partial charge in [0.2, 0.25) is 10.0 Å². The molecule has 5 nitrogen and oxygen atoms in total. The van der Waals surface area contributed by atoms with Crippen LogP contribution >= 0.6 is 0 Å². The molecule has 1 unspecified atom stereocenters. The Morgan fingerprint density at radius 3 is 2.29 bits per heavy atom. The molecule has 41 heavy (non-hydrogen) atoms. The van der Waals surface area contributed by atoms with E-state index in [0.29, 0.717) is 18.6 Å². The van der Waals surface area contributed by atoms with Crippen LogP contribution in [0, 0.1) is 19.7 Å². The van der Waals surface area contributed by atoms with E-state index in [-0.39, 0.29) is 36.9 Å². The van der Waals surface area contributed by atoms with Gasteiger partial charge in [0.25, 0.3) is 0 Å². The molecule has 2 saturated heterocycles. The number of methoxy groups -OCH3 is 1. The summed E-state index contributed by atoms with van der Waals surface area (Å²) < 4.78 is 89.4. The molecular formula is C31H34F4N2O3S. The van der Waals surface area contributed by atoms with Gasteiger partial charge in [0.1, 0.15) is 5.82 Å². The van der Waals surface area contributed by atoms with Crippen LogP contribution in [0.1, 0.15) is 41.0 Å². The molecule has 5 rings (SSSR count). The molecule has 0 spiro atoms. The zero-order valence-electron chi connectivity index (χ0n) is 23.3. The van der Waals surface area contributed by atoms with Crippen LogP contribution in [-0.2, 0) is 20.9 Å². The van der Waals surface area contributed by atoms with Crippen molar-refractivity contribution in [2.45, 2.75) is 55.8 Å². The number of sulfonamides is 1. The molecule has 2 heterocycles. The normalized spacial score (nSPS) is 22.5. The van der Waals surface area contributed by atoms with Gasteiger partial charge in [0.05, 0.1) is 17.1 Å². The van der Waals surface area contributed by atoms with E-state index in [4.69, 9.17) is 4.74 Å². The second-order valence-electron chi connectivity index (χ2n) is 10.9. The van der Waals surface area contributed by atoms with Gasteiger partial charge in [0.15, 0.2) is 0 Å². The zero-order valence-corrected chi connectivity index (χ0v) is 24.1. The lowest BCUT2D eigenvalue weighted by molar-refractivity contribution is -0.139. The Kier molecular flexibility index (Phi) is 8.31. The Labute approximate surface area is 238 Å². The number of halogens is 4. The smallest absolute Gasteiger partial charge is 0.383 e. The van der Waals surface area contributed by atoms with Crippen molar-refractivity contribution < 1.29 is 30.7 Å². The number of nitrogens with zero attached hydrogens (tertiary/aromatic N) is 2. The molecule has 3 aromatic rings. The molecule has 0 saturated carbocycles. The molecular weight excluding hydrogens is 556 g/mol. The van der Waals surface area contributed by atoms with Crippen molar-refractivity contribution in [2.24, 2.45) is 0 Å². The van der Waals surface area contributed by atoms with E-state index >= 15 is 0 Å². The van der Waals surface area contributed by atoms with Gasteiger partial charge in [-0.25, -0.2) is 12.8 Å². The molecule has 0 aliphatic carbocycles. The van der Waals surface area contributed by atoms with Crippen molar-refractivity contribution in [1.82, 2.24) is 9.21 Å². The molecule has 2 aliphatic rings. The fourth-order valence-corrected chi connectivity index (χ4v) is 8.04. The Balaban J connectivity index is 1.47. The van der Waals surface area contributed by atoms with E-state index in [1.54, 1.807) is 20.1 Å². The molecule has 0 bridgehead atoms. The van der Waals surface area contributed by atoms with Crippen molar-refractivity contribution in [3.05, 3.63) is 88.7 Å². The van der Waals surface area contributed by atoms with Gasteiger partial charge in [-0.3, -0.25) is 4.90 Å². The molecule has 2 aliphatic heterocycles. The highest BCUT2D eigenvalue weighted by Gasteiger charge is 2.51. The number of benzene rings is 3. The van der Waals surface area contributed by atoms with E-state index in [9.17, 15) is 26.0 Å². The summed E-state index contributed by atoms with van der Waals surface area (Å²) in [6.45, 7) is 5.08. The maximum atomic E-state index is 14.0. The third-order valence-corrected chi connectivity index (χ3v) is 10.5. The van der Waals surface area contributed by atoms with E-state index in [1.165, 1.54) is 22.5 Å². The zero-order chi connectivity index (χ0) is 29.5. The largest absolute Gasteiger partial charge is 0.417 e. The van der Waals surface area contributed by atoms with Gasteiger partial charge in [-0.1, -0.05) is 42.5 Å². The summed E-state index contributed by atoms with van der Waals surface area (Å²) in [6, 6.07) is 15.4. The van der Waals surface area contributed by atoms with Crippen LogP contribution in [0.25, 0.3) is 11.1 Å². The molecule has 3 atom stereocenters.